The van der Waals surface area contributed by atoms with Gasteiger partial charge in [-0.1, -0.05) is 19.3 Å². The molecule has 0 radical (unpaired) electrons. The summed E-state index contributed by atoms with van der Waals surface area (Å²) in [6.07, 6.45) is 7.88. The largest absolute Gasteiger partial charge is 0.345 e. The van der Waals surface area contributed by atoms with Crippen LogP contribution in [0.2, 0.25) is 0 Å². The van der Waals surface area contributed by atoms with Gasteiger partial charge in [-0.15, -0.1) is 0 Å². The van der Waals surface area contributed by atoms with Crippen LogP contribution in [0, 0.1) is 5.92 Å². The van der Waals surface area contributed by atoms with E-state index < -0.39 is 0 Å². The molecule has 0 unspecified atom stereocenters. The number of nitrogens with one attached hydrogen (secondary N) is 1. The van der Waals surface area contributed by atoms with E-state index in [1.54, 1.807) is 12.4 Å². The van der Waals surface area contributed by atoms with Crippen molar-refractivity contribution in [1.29, 1.82) is 0 Å². The van der Waals surface area contributed by atoms with E-state index in [9.17, 15) is 4.79 Å². The van der Waals surface area contributed by atoms with Crippen LogP contribution in [0.5, 0.6) is 0 Å². The van der Waals surface area contributed by atoms with Crippen LogP contribution in [0.4, 0.5) is 0 Å². The van der Waals surface area contributed by atoms with Crippen molar-refractivity contribution in [2.24, 2.45) is 5.92 Å². The second kappa shape index (κ2) is 4.26. The zero-order valence-corrected chi connectivity index (χ0v) is 11.0. The number of fused-ring (bicyclic) bond motifs is 1. The number of hydrogen-bond donors (Lipinski definition) is 1. The predicted molar refractivity (Wildman–Crippen MR) is 70.1 cm³/mol. The zero-order valence-electron chi connectivity index (χ0n) is 9.37. The van der Waals surface area contributed by atoms with E-state index in [0.717, 1.165) is 21.1 Å². The van der Waals surface area contributed by atoms with Gasteiger partial charge in [0.15, 0.2) is 5.78 Å². The van der Waals surface area contributed by atoms with E-state index in [1.807, 2.05) is 6.07 Å². The van der Waals surface area contributed by atoms with Gasteiger partial charge in [0.25, 0.3) is 0 Å². The maximum absolute atomic E-state index is 12.2. The van der Waals surface area contributed by atoms with E-state index in [2.05, 4.69) is 25.9 Å². The van der Waals surface area contributed by atoms with Gasteiger partial charge in [0.2, 0.25) is 0 Å². The molecular weight excluding hydrogens is 280 g/mol. The summed E-state index contributed by atoms with van der Waals surface area (Å²) in [5, 5.41) is 0.920. The molecule has 0 atom stereocenters. The first-order chi connectivity index (χ1) is 8.24. The Kier molecular flexibility index (Phi) is 2.74. The molecule has 0 aliphatic heterocycles. The standard InChI is InChI=1S/C13H13BrN2O/c14-9-5-10-11(7-16-13(10)15-6-9)12(17)4-8-2-1-3-8/h5-8H,1-4H2,(H,15,16). The number of carbonyl (C=O) groups is 1. The Balaban J connectivity index is 1.93. The number of H-pyrrole nitrogens is 1. The maximum Gasteiger partial charge on any atom is 0.165 e. The van der Waals surface area contributed by atoms with Crippen LogP contribution in [0.25, 0.3) is 11.0 Å². The Morgan fingerprint density at radius 3 is 3.06 bits per heavy atom. The van der Waals surface area contributed by atoms with Gasteiger partial charge >= 0.3 is 0 Å². The Morgan fingerprint density at radius 1 is 1.53 bits per heavy atom. The first-order valence-corrected chi connectivity index (χ1v) is 6.69. The summed E-state index contributed by atoms with van der Waals surface area (Å²) in [6, 6.07) is 1.95. The second-order valence-corrected chi connectivity index (χ2v) is 5.59. The fraction of sp³-hybridized carbons (Fsp3) is 0.385. The summed E-state index contributed by atoms with van der Waals surface area (Å²) >= 11 is 3.39. The number of carbonyl (C=O) groups excluding carboxylic acids is 1. The number of Topliss-reactive ketones (excluding diaryl/α,β-unsaturated/α-hetero) is 1. The van der Waals surface area contributed by atoms with Gasteiger partial charge in [-0.3, -0.25) is 4.79 Å². The first-order valence-electron chi connectivity index (χ1n) is 5.90. The smallest absolute Gasteiger partial charge is 0.165 e. The van der Waals surface area contributed by atoms with E-state index in [0.29, 0.717) is 12.3 Å². The number of rotatable bonds is 3. The van der Waals surface area contributed by atoms with Crippen molar-refractivity contribution in [1.82, 2.24) is 9.97 Å². The molecule has 17 heavy (non-hydrogen) atoms. The third-order valence-electron chi connectivity index (χ3n) is 3.50. The lowest BCUT2D eigenvalue weighted by Crippen LogP contribution is -2.15. The van der Waals surface area contributed by atoms with Crippen molar-refractivity contribution in [2.45, 2.75) is 25.7 Å². The number of pyridine rings is 1. The predicted octanol–water partition coefficient (Wildman–Crippen LogP) is 3.70. The van der Waals surface area contributed by atoms with E-state index in [4.69, 9.17) is 0 Å². The third kappa shape index (κ3) is 2.02. The molecule has 1 fully saturated rings. The summed E-state index contributed by atoms with van der Waals surface area (Å²) in [4.78, 5) is 19.5. The van der Waals surface area contributed by atoms with Crippen molar-refractivity contribution >= 4 is 32.7 Å². The lowest BCUT2D eigenvalue weighted by Gasteiger charge is -2.24. The molecule has 1 N–H and O–H groups in total. The quantitative estimate of drug-likeness (QED) is 0.877. The van der Waals surface area contributed by atoms with Gasteiger partial charge in [-0.05, 0) is 27.9 Å². The van der Waals surface area contributed by atoms with Crippen LogP contribution in [0.1, 0.15) is 36.0 Å². The molecule has 1 aliphatic carbocycles. The van der Waals surface area contributed by atoms with Crippen LogP contribution in [-0.4, -0.2) is 15.8 Å². The highest BCUT2D eigenvalue weighted by Crippen LogP contribution is 2.31. The minimum atomic E-state index is 0.237. The fourth-order valence-corrected chi connectivity index (χ4v) is 2.61. The molecule has 1 saturated carbocycles. The minimum absolute atomic E-state index is 0.237. The van der Waals surface area contributed by atoms with Crippen LogP contribution in [-0.2, 0) is 0 Å². The summed E-state index contributed by atoms with van der Waals surface area (Å²) in [5.74, 6) is 0.841. The lowest BCUT2D eigenvalue weighted by molar-refractivity contribution is 0.0938. The average Bonchev–Trinajstić information content (AvgIpc) is 2.66. The molecule has 0 saturated heterocycles. The second-order valence-electron chi connectivity index (χ2n) is 4.68. The molecule has 88 valence electrons. The van der Waals surface area contributed by atoms with Gasteiger partial charge in [-0.2, -0.15) is 0 Å². The van der Waals surface area contributed by atoms with Crippen molar-refractivity contribution in [3.8, 4) is 0 Å². The highest BCUT2D eigenvalue weighted by atomic mass is 79.9. The fourth-order valence-electron chi connectivity index (χ4n) is 2.28. The van der Waals surface area contributed by atoms with Gasteiger partial charge in [0.1, 0.15) is 5.65 Å². The monoisotopic (exact) mass is 292 g/mol. The molecule has 4 heteroatoms. The van der Waals surface area contributed by atoms with Crippen molar-refractivity contribution in [3.05, 3.63) is 28.5 Å². The molecule has 0 spiro atoms. The summed E-state index contributed by atoms with van der Waals surface area (Å²) in [6.45, 7) is 0. The highest BCUT2D eigenvalue weighted by Gasteiger charge is 2.22. The van der Waals surface area contributed by atoms with Crippen LogP contribution >= 0.6 is 15.9 Å². The first kappa shape index (κ1) is 11.0. The molecule has 0 amide bonds. The van der Waals surface area contributed by atoms with Crippen molar-refractivity contribution in [3.63, 3.8) is 0 Å². The molecule has 3 nitrogen and oxygen atoms in total. The summed E-state index contributed by atoms with van der Waals surface area (Å²) in [7, 11) is 0. The molecule has 3 rings (SSSR count). The van der Waals surface area contributed by atoms with E-state index in [1.165, 1.54) is 19.3 Å². The Morgan fingerprint density at radius 2 is 2.35 bits per heavy atom. The molecule has 2 aromatic heterocycles. The molecule has 0 aromatic carbocycles. The number of halogens is 1. The van der Waals surface area contributed by atoms with Gasteiger partial charge in [0.05, 0.1) is 0 Å². The van der Waals surface area contributed by atoms with Gasteiger partial charge < -0.3 is 4.98 Å². The molecular formula is C13H13BrN2O. The maximum atomic E-state index is 12.2. The number of ketones is 1. The normalized spacial score (nSPS) is 16.1. The zero-order chi connectivity index (χ0) is 11.8. The molecule has 0 bridgehead atoms. The number of aromatic nitrogens is 2. The van der Waals surface area contributed by atoms with E-state index >= 15 is 0 Å². The SMILES string of the molecule is O=C(CC1CCC1)c1c[nH]c2ncc(Br)cc12. The van der Waals surface area contributed by atoms with Crippen LogP contribution < -0.4 is 0 Å². The molecule has 2 aromatic rings. The Hall–Kier alpha value is -1.16. The highest BCUT2D eigenvalue weighted by molar-refractivity contribution is 9.10. The Bertz CT molecular complexity index is 572. The van der Waals surface area contributed by atoms with Crippen molar-refractivity contribution < 1.29 is 4.79 Å². The van der Waals surface area contributed by atoms with Crippen LogP contribution in [0.3, 0.4) is 0 Å². The lowest BCUT2D eigenvalue weighted by atomic mass is 9.81. The number of aromatic amines is 1. The van der Waals surface area contributed by atoms with Gasteiger partial charge in [-0.25, -0.2) is 4.98 Å². The van der Waals surface area contributed by atoms with Gasteiger partial charge in [0, 0.05) is 34.2 Å². The van der Waals surface area contributed by atoms with E-state index in [-0.39, 0.29) is 5.78 Å². The summed E-state index contributed by atoms with van der Waals surface area (Å²) < 4.78 is 0.905. The number of nitrogens with zero attached hydrogens (tertiary/aromatic N) is 1. The molecule has 2 heterocycles. The molecule has 1 aliphatic rings. The average molecular weight is 293 g/mol. The minimum Gasteiger partial charge on any atom is -0.345 e. The summed E-state index contributed by atoms with van der Waals surface area (Å²) in [5.41, 5.74) is 1.56. The Labute approximate surface area is 108 Å². The van der Waals surface area contributed by atoms with Crippen LogP contribution in [0.15, 0.2) is 22.9 Å². The topological polar surface area (TPSA) is 45.8 Å². The third-order valence-corrected chi connectivity index (χ3v) is 3.93. The van der Waals surface area contributed by atoms with Crippen molar-refractivity contribution in [2.75, 3.05) is 0 Å². The number of hydrogen-bond acceptors (Lipinski definition) is 2.